The molecule has 0 radical (unpaired) electrons. The predicted octanol–water partition coefficient (Wildman–Crippen LogP) is 2.21. The third-order valence-electron chi connectivity index (χ3n) is 6.72. The van der Waals surface area contributed by atoms with Crippen LogP contribution in [0, 0.1) is 0 Å². The molecule has 1 fully saturated rings. The average molecular weight is 509 g/mol. The molecule has 1 aromatic carbocycles. The van der Waals surface area contributed by atoms with E-state index in [-0.39, 0.29) is 24.1 Å². The molecule has 10 heteroatoms. The molecular weight excluding hydrogens is 472 g/mol. The molecule has 2 N–H and O–H groups in total. The van der Waals surface area contributed by atoms with Gasteiger partial charge in [0.2, 0.25) is 5.95 Å². The van der Waals surface area contributed by atoms with Gasteiger partial charge in [-0.25, -0.2) is 9.59 Å². The molecule has 0 unspecified atom stereocenters. The average Bonchev–Trinajstić information content (AvgIpc) is 3.26. The maximum Gasteiger partial charge on any atom is 0.338 e. The van der Waals surface area contributed by atoms with E-state index < -0.39 is 5.69 Å². The molecule has 2 aromatic heterocycles. The Morgan fingerprint density at radius 1 is 1.19 bits per heavy atom. The molecule has 37 heavy (non-hydrogen) atoms. The van der Waals surface area contributed by atoms with Gasteiger partial charge < -0.3 is 19.9 Å². The van der Waals surface area contributed by atoms with E-state index in [0.717, 1.165) is 30.5 Å². The fourth-order valence-corrected chi connectivity index (χ4v) is 4.70. The summed E-state index contributed by atoms with van der Waals surface area (Å²) in [4.78, 5) is 45.8. The van der Waals surface area contributed by atoms with Gasteiger partial charge in [-0.2, -0.15) is 4.98 Å². The normalized spacial score (nSPS) is 15.7. The molecule has 0 aliphatic carbocycles. The number of esters is 1. The molecule has 3 aromatic rings. The molecule has 0 amide bonds. The highest BCUT2D eigenvalue weighted by Crippen LogP contribution is 2.23. The summed E-state index contributed by atoms with van der Waals surface area (Å²) in [6.07, 6.45) is 4.41. The minimum atomic E-state index is -0.408. The summed E-state index contributed by atoms with van der Waals surface area (Å²) in [6, 6.07) is 7.07. The number of imidazole rings is 1. The zero-order valence-corrected chi connectivity index (χ0v) is 22.1. The summed E-state index contributed by atoms with van der Waals surface area (Å²) >= 11 is 0. The summed E-state index contributed by atoms with van der Waals surface area (Å²) in [5, 5.41) is 0. The number of hydrogen-bond acceptors (Lipinski definition) is 7. The number of ether oxygens (including phenoxy) is 1. The first-order valence-corrected chi connectivity index (χ1v) is 12.8. The van der Waals surface area contributed by atoms with Crippen LogP contribution in [0.5, 0.6) is 0 Å². The van der Waals surface area contributed by atoms with Gasteiger partial charge in [-0.15, -0.1) is 0 Å². The maximum atomic E-state index is 13.7. The number of piperidine rings is 1. The van der Waals surface area contributed by atoms with Crippen molar-refractivity contribution < 1.29 is 9.53 Å². The second kappa shape index (κ2) is 11.2. The fraction of sp³-hybridized carbons (Fsp3) is 0.481. The number of hydrogen-bond donors (Lipinski definition) is 1. The number of aromatic nitrogens is 4. The number of nitrogens with zero attached hydrogens (tertiary/aromatic N) is 5. The van der Waals surface area contributed by atoms with Crippen molar-refractivity contribution in [3.05, 3.63) is 67.9 Å². The van der Waals surface area contributed by atoms with E-state index >= 15 is 0 Å². The third-order valence-corrected chi connectivity index (χ3v) is 6.72. The first-order chi connectivity index (χ1) is 17.7. The van der Waals surface area contributed by atoms with Gasteiger partial charge in [0.25, 0.3) is 5.56 Å². The molecule has 10 nitrogen and oxygen atoms in total. The number of fused-ring (bicyclic) bond motifs is 1. The van der Waals surface area contributed by atoms with Crippen LogP contribution in [-0.4, -0.2) is 50.4 Å². The Morgan fingerprint density at radius 2 is 1.92 bits per heavy atom. The van der Waals surface area contributed by atoms with Crippen LogP contribution < -0.4 is 21.9 Å². The molecule has 198 valence electrons. The molecule has 1 saturated heterocycles. The molecule has 0 bridgehead atoms. The van der Waals surface area contributed by atoms with Crippen LogP contribution in [0.1, 0.15) is 49.5 Å². The highest BCUT2D eigenvalue weighted by Gasteiger charge is 2.26. The first kappa shape index (κ1) is 26.4. The Morgan fingerprint density at radius 3 is 2.57 bits per heavy atom. The summed E-state index contributed by atoms with van der Waals surface area (Å²) in [5.74, 6) is 0.293. The first-order valence-electron chi connectivity index (χ1n) is 12.8. The van der Waals surface area contributed by atoms with Gasteiger partial charge in [0.1, 0.15) is 0 Å². The van der Waals surface area contributed by atoms with E-state index in [1.165, 1.54) is 9.13 Å². The number of carbonyl (C=O) groups excluding carboxylic acids is 1. The maximum absolute atomic E-state index is 13.7. The molecule has 1 aliphatic heterocycles. The van der Waals surface area contributed by atoms with Crippen LogP contribution in [0.15, 0.2) is 45.5 Å². The monoisotopic (exact) mass is 508 g/mol. The standard InChI is InChI=1S/C27H36N6O4/c1-5-37-25(35)20-10-8-19(9-11-20)13-16-33-24(34)22-23(30(4)27(33)36)29-26(32(22)15-12-18(2)3)31-14-6-7-21(28)17-31/h8-12,21H,5-7,13-17,28H2,1-4H3/t21-/m0/s1. The van der Waals surface area contributed by atoms with Crippen LogP contribution in [-0.2, 0) is 31.3 Å². The molecular formula is C27H36N6O4. The van der Waals surface area contributed by atoms with Crippen molar-refractivity contribution in [2.45, 2.75) is 59.2 Å². The van der Waals surface area contributed by atoms with E-state index in [1.54, 1.807) is 26.1 Å². The Balaban J connectivity index is 1.72. The SMILES string of the molecule is CCOC(=O)c1ccc(CCn2c(=O)c3c(nc(N4CCC[C@H](N)C4)n3CC=C(C)C)n(C)c2=O)cc1. The minimum Gasteiger partial charge on any atom is -0.462 e. The number of rotatable bonds is 8. The zero-order valence-electron chi connectivity index (χ0n) is 22.1. The lowest BCUT2D eigenvalue weighted by Crippen LogP contribution is -2.44. The van der Waals surface area contributed by atoms with Crippen molar-refractivity contribution >= 4 is 23.1 Å². The lowest BCUT2D eigenvalue weighted by Gasteiger charge is -2.31. The van der Waals surface area contributed by atoms with Crippen molar-refractivity contribution in [2.75, 3.05) is 24.6 Å². The molecule has 3 heterocycles. The van der Waals surface area contributed by atoms with Crippen molar-refractivity contribution in [3.63, 3.8) is 0 Å². The van der Waals surface area contributed by atoms with Gasteiger partial charge in [-0.3, -0.25) is 13.9 Å². The van der Waals surface area contributed by atoms with Gasteiger partial charge in [0.15, 0.2) is 11.2 Å². The lowest BCUT2D eigenvalue weighted by atomic mass is 10.1. The Labute approximate surface area is 216 Å². The van der Waals surface area contributed by atoms with Gasteiger partial charge in [-0.1, -0.05) is 23.8 Å². The van der Waals surface area contributed by atoms with E-state index in [4.69, 9.17) is 15.5 Å². The summed E-state index contributed by atoms with van der Waals surface area (Å²) in [7, 11) is 1.65. The van der Waals surface area contributed by atoms with E-state index in [9.17, 15) is 14.4 Å². The van der Waals surface area contributed by atoms with Crippen LogP contribution in [0.2, 0.25) is 0 Å². The number of nitrogens with two attached hydrogens (primary N) is 1. The van der Waals surface area contributed by atoms with Crippen molar-refractivity contribution in [3.8, 4) is 0 Å². The third kappa shape index (κ3) is 5.53. The van der Waals surface area contributed by atoms with Gasteiger partial charge in [0, 0.05) is 39.3 Å². The van der Waals surface area contributed by atoms with Crippen LogP contribution in [0.4, 0.5) is 5.95 Å². The van der Waals surface area contributed by atoms with Gasteiger partial charge >= 0.3 is 11.7 Å². The molecule has 1 aliphatic rings. The number of carbonyl (C=O) groups is 1. The fourth-order valence-electron chi connectivity index (χ4n) is 4.70. The largest absolute Gasteiger partial charge is 0.462 e. The zero-order chi connectivity index (χ0) is 26.7. The molecule has 4 rings (SSSR count). The summed E-state index contributed by atoms with van der Waals surface area (Å²) in [5.41, 5.74) is 8.75. The minimum absolute atomic E-state index is 0.0427. The second-order valence-corrected chi connectivity index (χ2v) is 9.79. The second-order valence-electron chi connectivity index (χ2n) is 9.79. The lowest BCUT2D eigenvalue weighted by molar-refractivity contribution is 0.0526. The number of aryl methyl sites for hydroxylation is 2. The smallest absolute Gasteiger partial charge is 0.338 e. The molecule has 0 spiro atoms. The van der Waals surface area contributed by atoms with Crippen molar-refractivity contribution in [1.82, 2.24) is 18.7 Å². The summed E-state index contributed by atoms with van der Waals surface area (Å²) in [6.45, 7) is 8.23. The van der Waals surface area contributed by atoms with E-state index in [2.05, 4.69) is 11.0 Å². The summed E-state index contributed by atoms with van der Waals surface area (Å²) < 4.78 is 9.66. The number of anilines is 1. The van der Waals surface area contributed by atoms with E-state index in [0.29, 0.717) is 48.8 Å². The van der Waals surface area contributed by atoms with Crippen molar-refractivity contribution in [2.24, 2.45) is 12.8 Å². The van der Waals surface area contributed by atoms with E-state index in [1.807, 2.05) is 30.5 Å². The van der Waals surface area contributed by atoms with Gasteiger partial charge in [-0.05, 0) is 57.7 Å². The molecule has 1 atom stereocenters. The highest BCUT2D eigenvalue weighted by molar-refractivity contribution is 5.89. The molecule has 0 saturated carbocycles. The van der Waals surface area contributed by atoms with Gasteiger partial charge in [0.05, 0.1) is 12.2 Å². The highest BCUT2D eigenvalue weighted by atomic mass is 16.5. The number of allylic oxidation sites excluding steroid dienone is 2. The Bertz CT molecular complexity index is 1430. The predicted molar refractivity (Wildman–Crippen MR) is 144 cm³/mol. The Kier molecular flexibility index (Phi) is 7.97. The van der Waals surface area contributed by atoms with Crippen LogP contribution in [0.25, 0.3) is 11.2 Å². The number of benzene rings is 1. The van der Waals surface area contributed by atoms with Crippen molar-refractivity contribution in [1.29, 1.82) is 0 Å². The topological polar surface area (TPSA) is 117 Å². The quantitative estimate of drug-likeness (QED) is 0.366. The Hall–Kier alpha value is -3.66. The van der Waals surface area contributed by atoms with Crippen LogP contribution >= 0.6 is 0 Å². The van der Waals surface area contributed by atoms with Crippen LogP contribution in [0.3, 0.4) is 0 Å².